The summed E-state index contributed by atoms with van der Waals surface area (Å²) in [5.74, 6) is -10.4. The first-order valence-electron chi connectivity index (χ1n) is 19.2. The minimum atomic E-state index is -1.39. The molecule has 0 radical (unpaired) electrons. The highest BCUT2D eigenvalue weighted by Crippen LogP contribution is 2.37. The number of carboxylic acid groups (broad SMARTS) is 4. The summed E-state index contributed by atoms with van der Waals surface area (Å²) >= 11 is 1.76. The summed E-state index contributed by atoms with van der Waals surface area (Å²) in [5, 5.41) is 49.5. The highest BCUT2D eigenvalue weighted by molar-refractivity contribution is 7.99. The van der Waals surface area contributed by atoms with Gasteiger partial charge in [0.15, 0.2) is 17.3 Å². The van der Waals surface area contributed by atoms with Crippen molar-refractivity contribution in [2.45, 2.75) is 98.9 Å². The highest BCUT2D eigenvalue weighted by Gasteiger charge is 2.31. The molecule has 352 valence electrons. The van der Waals surface area contributed by atoms with Gasteiger partial charge in [0.25, 0.3) is 17.4 Å². The fourth-order valence-corrected chi connectivity index (χ4v) is 7.93. The molecule has 0 aromatic carbocycles. The minimum Gasteiger partial charge on any atom is -0.502 e. The number of amides is 2. The molecule has 0 aliphatic heterocycles. The number of nitrogens with zero attached hydrogens (tertiary/aromatic N) is 3. The van der Waals surface area contributed by atoms with E-state index >= 15 is 0 Å². The Morgan fingerprint density at radius 1 is 0.719 bits per heavy atom. The molecule has 0 aliphatic carbocycles. The van der Waals surface area contributed by atoms with Gasteiger partial charge in [0.2, 0.25) is 11.8 Å². The quantitative estimate of drug-likeness (QED) is 0.0425. The maximum absolute atomic E-state index is 14.1. The number of aliphatic carboxylic acids is 4. The van der Waals surface area contributed by atoms with E-state index in [0.717, 1.165) is 35.8 Å². The second-order valence-corrected chi connectivity index (χ2v) is 16.3. The number of aromatic hydroxyl groups is 1. The van der Waals surface area contributed by atoms with Crippen molar-refractivity contribution in [3.05, 3.63) is 34.1 Å². The Labute approximate surface area is 372 Å². The van der Waals surface area contributed by atoms with Gasteiger partial charge in [-0.2, -0.15) is 4.98 Å². The Bertz CT molecular complexity index is 2070. The van der Waals surface area contributed by atoms with Crippen LogP contribution in [0.25, 0.3) is 0 Å². The number of aromatic nitrogens is 4. The van der Waals surface area contributed by atoms with Crippen LogP contribution in [0.3, 0.4) is 0 Å². The van der Waals surface area contributed by atoms with Crippen LogP contribution in [0.5, 0.6) is 17.6 Å². The smallest absolute Gasteiger partial charge is 0.320 e. The molecule has 12 N–H and O–H groups in total. The number of nitrogens with two attached hydrogens (primary N) is 2. The van der Waals surface area contributed by atoms with Crippen LogP contribution in [-0.4, -0.2) is 148 Å². The van der Waals surface area contributed by atoms with Gasteiger partial charge in [-0.05, 0) is 12.8 Å². The molecule has 2 amide bonds. The van der Waals surface area contributed by atoms with Crippen molar-refractivity contribution in [1.82, 2.24) is 30.6 Å². The van der Waals surface area contributed by atoms with Gasteiger partial charge in [-0.15, -0.1) is 23.5 Å². The van der Waals surface area contributed by atoms with Crippen LogP contribution in [0.2, 0.25) is 0 Å². The number of rotatable bonds is 32. The zero-order valence-corrected chi connectivity index (χ0v) is 36.2. The Balaban J connectivity index is 2.51. The van der Waals surface area contributed by atoms with E-state index in [1.54, 1.807) is 0 Å². The molecule has 0 spiro atoms. The van der Waals surface area contributed by atoms with Crippen LogP contribution in [0.1, 0.15) is 86.2 Å². The van der Waals surface area contributed by atoms with E-state index in [1.807, 2.05) is 0 Å². The van der Waals surface area contributed by atoms with E-state index in [1.165, 1.54) is 14.2 Å². The lowest BCUT2D eigenvalue weighted by molar-refractivity contribution is -0.140. The van der Waals surface area contributed by atoms with Crippen molar-refractivity contribution in [3.63, 3.8) is 0 Å². The number of methoxy groups -OCH3 is 2. The van der Waals surface area contributed by atoms with Crippen LogP contribution in [-0.2, 0) is 43.2 Å². The van der Waals surface area contributed by atoms with Gasteiger partial charge in [0.1, 0.15) is 23.7 Å². The molecule has 64 heavy (non-hydrogen) atoms. The second-order valence-electron chi connectivity index (χ2n) is 13.8. The third kappa shape index (κ3) is 19.5. The van der Waals surface area contributed by atoms with Gasteiger partial charge in [-0.3, -0.25) is 52.9 Å². The zero-order chi connectivity index (χ0) is 48.1. The van der Waals surface area contributed by atoms with E-state index in [0.29, 0.717) is 0 Å². The third-order valence-corrected chi connectivity index (χ3v) is 11.5. The molecule has 25 nitrogen and oxygen atoms in total. The molecule has 0 aliphatic rings. The SMILES string of the molecule is COc1nc(C(CC(=O)CC(SC[C@H](NC(=O)CC[C@@H](N)C(=O)O)C(=O)CCC(=O)O)c2ncc(O)c(OC)n2)SC[C@H](NC(=O)CC[C@H](N)C(=O)O)C(=O)CCC(=O)O)cc(=O)[nH]1. The van der Waals surface area contributed by atoms with Crippen LogP contribution in [0, 0.1) is 0 Å². The molecule has 2 aromatic rings. The van der Waals surface area contributed by atoms with Crippen molar-refractivity contribution in [2.75, 3.05) is 25.7 Å². The van der Waals surface area contributed by atoms with Crippen LogP contribution in [0.4, 0.5) is 0 Å². The maximum Gasteiger partial charge on any atom is 0.320 e. The summed E-state index contributed by atoms with van der Waals surface area (Å²) in [7, 11) is 2.40. The van der Waals surface area contributed by atoms with Crippen molar-refractivity contribution < 1.29 is 78.2 Å². The summed E-state index contributed by atoms with van der Waals surface area (Å²) in [6.07, 6.45) is -3.52. The van der Waals surface area contributed by atoms with Crippen LogP contribution < -0.4 is 37.1 Å². The number of hydrogen-bond acceptors (Lipinski definition) is 20. The van der Waals surface area contributed by atoms with Crippen molar-refractivity contribution >= 4 is 76.6 Å². The van der Waals surface area contributed by atoms with Gasteiger partial charge in [-0.25, -0.2) is 9.97 Å². The first kappa shape index (κ1) is 53.9. The monoisotopic (exact) mass is 942 g/mol. The Hall–Kier alpha value is -6.19. The summed E-state index contributed by atoms with van der Waals surface area (Å²) in [5.41, 5.74) is 10.3. The number of carbonyl (C=O) groups excluding carboxylic acids is 5. The number of ether oxygens (including phenoxy) is 2. The summed E-state index contributed by atoms with van der Waals surface area (Å²) in [6, 6.07) is -4.70. The molecule has 2 heterocycles. The van der Waals surface area contributed by atoms with E-state index in [2.05, 4.69) is 30.6 Å². The topological polar surface area (TPSA) is 421 Å². The Kier molecular flexibility index (Phi) is 22.8. The van der Waals surface area contributed by atoms with E-state index in [4.69, 9.17) is 31.2 Å². The zero-order valence-electron chi connectivity index (χ0n) is 34.6. The first-order chi connectivity index (χ1) is 30.1. The average Bonchev–Trinajstić information content (AvgIpc) is 3.24. The predicted octanol–water partition coefficient (Wildman–Crippen LogP) is -0.898. The molecule has 0 saturated carbocycles. The number of hydrogen-bond donors (Lipinski definition) is 10. The highest BCUT2D eigenvalue weighted by atomic mass is 32.2. The number of carboxylic acids is 4. The van der Waals surface area contributed by atoms with Crippen molar-refractivity contribution in [3.8, 4) is 17.6 Å². The molecule has 6 atom stereocenters. The van der Waals surface area contributed by atoms with E-state index in [9.17, 15) is 63.3 Å². The lowest BCUT2D eigenvalue weighted by Crippen LogP contribution is -2.43. The summed E-state index contributed by atoms with van der Waals surface area (Å²) in [6.45, 7) is 0. The maximum atomic E-state index is 14.1. The summed E-state index contributed by atoms with van der Waals surface area (Å²) in [4.78, 5) is 139. The number of Topliss-reactive ketones (excluding diaryl/α,β-unsaturated/α-hetero) is 3. The molecule has 0 saturated heterocycles. The Morgan fingerprint density at radius 3 is 1.66 bits per heavy atom. The van der Waals surface area contributed by atoms with E-state index < -0.39 is 150 Å². The van der Waals surface area contributed by atoms with Crippen LogP contribution in [0.15, 0.2) is 17.1 Å². The molecule has 2 rings (SSSR count). The molecular weight excluding hydrogens is 893 g/mol. The molecule has 0 fully saturated rings. The summed E-state index contributed by atoms with van der Waals surface area (Å²) < 4.78 is 10.2. The molecule has 2 aromatic heterocycles. The Morgan fingerprint density at radius 2 is 1.20 bits per heavy atom. The largest absolute Gasteiger partial charge is 0.502 e. The number of ketones is 3. The third-order valence-electron chi connectivity index (χ3n) is 8.87. The van der Waals surface area contributed by atoms with Gasteiger partial charge < -0.3 is 57.1 Å². The molecule has 0 bridgehead atoms. The van der Waals surface area contributed by atoms with Gasteiger partial charge in [0.05, 0.1) is 61.5 Å². The normalized spacial score (nSPS) is 13.8. The number of carbonyl (C=O) groups is 9. The van der Waals surface area contributed by atoms with Crippen LogP contribution >= 0.6 is 23.5 Å². The number of aromatic amines is 1. The lowest BCUT2D eigenvalue weighted by atomic mass is 10.1. The average molecular weight is 943 g/mol. The van der Waals surface area contributed by atoms with Gasteiger partial charge in [-0.1, -0.05) is 0 Å². The first-order valence-corrected chi connectivity index (χ1v) is 21.3. The predicted molar refractivity (Wildman–Crippen MR) is 224 cm³/mol. The number of thioether (sulfide) groups is 2. The fourth-order valence-electron chi connectivity index (χ4n) is 5.38. The number of nitrogens with one attached hydrogen (secondary N) is 3. The minimum absolute atomic E-state index is 0.0179. The standard InChI is InChI=1S/C37H50N8O17S2/c1-61-34-25(49)14-40-33(45-34)27(64-16-22(24(48)6-10-32(55)56)42-29(51)8-4-19(39)36(59)60)12-17(46)11-26(20-13-30(52)44-37(43-20)62-2)63-15-21(23(47)5-9-31(53)54)41-28(50)7-3-18(38)35(57)58/h13-14,18-19,21-22,26-27,49H,3-12,15-16,38-39H2,1-2H3,(H,41,50)(H,42,51)(H,53,54)(H,55,56)(H,57,58)(H,59,60)(H,43,44,52)/t18-,19+,21-,22-,26?,27?/m0/s1. The van der Waals surface area contributed by atoms with Crippen molar-refractivity contribution in [2.24, 2.45) is 11.5 Å². The van der Waals surface area contributed by atoms with E-state index in [-0.39, 0.29) is 47.8 Å². The number of H-pyrrole nitrogens is 1. The molecular formula is C37H50N8O17S2. The van der Waals surface area contributed by atoms with Gasteiger partial charge in [0, 0.05) is 56.1 Å². The van der Waals surface area contributed by atoms with Gasteiger partial charge >= 0.3 is 23.9 Å². The molecule has 27 heteroatoms. The second kappa shape index (κ2) is 27.1. The lowest BCUT2D eigenvalue weighted by Gasteiger charge is -2.23. The van der Waals surface area contributed by atoms with Crippen molar-refractivity contribution in [1.29, 1.82) is 0 Å². The fraction of sp³-hybridized carbons (Fsp3) is 0.541. The molecule has 2 unspecified atom stereocenters.